The van der Waals surface area contributed by atoms with Gasteiger partial charge in [-0.2, -0.15) is 10.2 Å². The summed E-state index contributed by atoms with van der Waals surface area (Å²) in [6.45, 7) is 0.926. The minimum Gasteiger partial charge on any atom is -0.481 e. The summed E-state index contributed by atoms with van der Waals surface area (Å²) in [6, 6.07) is 21.1. The Morgan fingerprint density at radius 3 is 2.50 bits per heavy atom. The number of nitriles is 1. The van der Waals surface area contributed by atoms with E-state index in [1.54, 1.807) is 36.4 Å². The third-order valence-corrected chi connectivity index (χ3v) is 5.04. The highest BCUT2D eigenvalue weighted by Crippen LogP contribution is 2.30. The Bertz CT molecular complexity index is 1330. The van der Waals surface area contributed by atoms with Crippen LogP contribution >= 0.6 is 12.4 Å². The van der Waals surface area contributed by atoms with Crippen LogP contribution in [-0.4, -0.2) is 27.8 Å². The van der Waals surface area contributed by atoms with Crippen molar-refractivity contribution >= 4 is 18.4 Å². The van der Waals surface area contributed by atoms with Crippen LogP contribution in [0.2, 0.25) is 0 Å². The van der Waals surface area contributed by atoms with E-state index in [0.717, 1.165) is 5.56 Å². The molecule has 4 rings (SSSR count). The van der Waals surface area contributed by atoms with Crippen molar-refractivity contribution in [2.24, 2.45) is 0 Å². The zero-order chi connectivity index (χ0) is 23.2. The van der Waals surface area contributed by atoms with Gasteiger partial charge in [-0.25, -0.2) is 4.39 Å². The molecule has 2 N–H and O–H groups in total. The molecule has 0 saturated carbocycles. The molecule has 0 fully saturated rings. The van der Waals surface area contributed by atoms with Crippen molar-refractivity contribution in [3.63, 3.8) is 0 Å². The largest absolute Gasteiger partial charge is 0.481 e. The van der Waals surface area contributed by atoms with Gasteiger partial charge >= 0.3 is 5.97 Å². The Kier molecular flexibility index (Phi) is 8.09. The summed E-state index contributed by atoms with van der Waals surface area (Å²) in [5, 5.41) is 25.0. The second kappa shape index (κ2) is 11.2. The number of hydrogen-bond acceptors (Lipinski definition) is 6. The molecule has 172 valence electrons. The highest BCUT2D eigenvalue weighted by Gasteiger charge is 2.16. The fourth-order valence-corrected chi connectivity index (χ4v) is 3.34. The lowest BCUT2D eigenvalue weighted by Gasteiger charge is -2.05. The number of carboxylic acids is 1. The third kappa shape index (κ3) is 5.64. The highest BCUT2D eigenvalue weighted by atomic mass is 35.5. The van der Waals surface area contributed by atoms with Gasteiger partial charge in [-0.15, -0.1) is 12.4 Å². The fourth-order valence-electron chi connectivity index (χ4n) is 3.34. The molecule has 34 heavy (non-hydrogen) atoms. The Balaban J connectivity index is 0.00000324. The van der Waals surface area contributed by atoms with E-state index in [-0.39, 0.29) is 30.3 Å². The Labute approximate surface area is 201 Å². The molecule has 0 saturated heterocycles. The van der Waals surface area contributed by atoms with Crippen LogP contribution in [0.3, 0.4) is 0 Å². The number of nitrogens with one attached hydrogen (secondary N) is 1. The molecule has 0 amide bonds. The zero-order valence-electron chi connectivity index (χ0n) is 17.9. The topological polar surface area (TPSA) is 112 Å². The molecule has 0 aliphatic heterocycles. The van der Waals surface area contributed by atoms with Crippen LogP contribution in [0, 0.1) is 17.1 Å². The van der Waals surface area contributed by atoms with Gasteiger partial charge in [-0.05, 0) is 34.9 Å². The zero-order valence-corrected chi connectivity index (χ0v) is 18.7. The van der Waals surface area contributed by atoms with Gasteiger partial charge in [0.2, 0.25) is 5.82 Å². The first kappa shape index (κ1) is 24.6. The number of hydrogen-bond donors (Lipinski definition) is 2. The van der Waals surface area contributed by atoms with E-state index in [1.165, 1.54) is 6.07 Å². The van der Waals surface area contributed by atoms with Crippen LogP contribution in [0.1, 0.15) is 17.5 Å². The van der Waals surface area contributed by atoms with Crippen LogP contribution in [0.4, 0.5) is 4.39 Å². The molecular formula is C25H20ClFN4O3. The first-order chi connectivity index (χ1) is 16.0. The summed E-state index contributed by atoms with van der Waals surface area (Å²) >= 11 is 0. The number of carboxylic acid groups (broad SMARTS) is 1. The molecule has 0 aliphatic rings. The smallest absolute Gasteiger partial charge is 0.304 e. The molecule has 7 nitrogen and oxygen atoms in total. The van der Waals surface area contributed by atoms with Crippen molar-refractivity contribution in [1.82, 2.24) is 15.5 Å². The maximum Gasteiger partial charge on any atom is 0.304 e. The summed E-state index contributed by atoms with van der Waals surface area (Å²) in [6.07, 6.45) is 0.0616. The van der Waals surface area contributed by atoms with Gasteiger partial charge in [0.05, 0.1) is 23.6 Å². The summed E-state index contributed by atoms with van der Waals surface area (Å²) < 4.78 is 20.2. The monoisotopic (exact) mass is 478 g/mol. The third-order valence-electron chi connectivity index (χ3n) is 5.04. The lowest BCUT2D eigenvalue weighted by molar-refractivity contribution is -0.136. The second-order valence-electron chi connectivity index (χ2n) is 7.29. The average molecular weight is 479 g/mol. The summed E-state index contributed by atoms with van der Waals surface area (Å²) in [4.78, 5) is 14.9. The second-order valence-corrected chi connectivity index (χ2v) is 7.29. The van der Waals surface area contributed by atoms with Crippen LogP contribution in [0.25, 0.3) is 34.0 Å². The number of carbonyl (C=O) groups is 1. The Morgan fingerprint density at radius 1 is 1.06 bits per heavy atom. The van der Waals surface area contributed by atoms with E-state index >= 15 is 0 Å². The Morgan fingerprint density at radius 2 is 1.79 bits per heavy atom. The fraction of sp³-hybridized carbons (Fsp3) is 0.120. The molecule has 0 atom stereocenters. The predicted octanol–water partition coefficient (Wildman–Crippen LogP) is 5.07. The van der Waals surface area contributed by atoms with Gasteiger partial charge < -0.3 is 14.9 Å². The van der Waals surface area contributed by atoms with E-state index in [0.29, 0.717) is 41.2 Å². The molecule has 1 aromatic heterocycles. The van der Waals surface area contributed by atoms with E-state index < -0.39 is 11.8 Å². The maximum atomic E-state index is 14.9. The van der Waals surface area contributed by atoms with E-state index in [9.17, 15) is 14.4 Å². The number of aromatic nitrogens is 2. The van der Waals surface area contributed by atoms with Gasteiger partial charge in [0, 0.05) is 18.7 Å². The lowest BCUT2D eigenvalue weighted by atomic mass is 9.99. The minimum absolute atomic E-state index is 0. The summed E-state index contributed by atoms with van der Waals surface area (Å²) in [5.74, 6) is -0.988. The van der Waals surface area contributed by atoms with Crippen molar-refractivity contribution in [2.45, 2.75) is 13.0 Å². The molecule has 0 unspecified atom stereocenters. The van der Waals surface area contributed by atoms with Crippen molar-refractivity contribution in [3.05, 3.63) is 83.7 Å². The van der Waals surface area contributed by atoms with Crippen molar-refractivity contribution < 1.29 is 18.8 Å². The van der Waals surface area contributed by atoms with E-state index in [2.05, 4.69) is 21.5 Å². The molecule has 0 radical (unpaired) electrons. The Hall–Kier alpha value is -4.06. The standard InChI is InChI=1S/C25H19FN4O3.ClH/c26-22-13-18(20-4-2-1-3-19(20)14-27)9-10-21(22)25-29-24(30-33-25)17-7-5-16(6-8-17)15-28-12-11-23(31)32;/h1-10,13,28H,11-12,15H2,(H,31,32);1H. The predicted molar refractivity (Wildman–Crippen MR) is 126 cm³/mol. The molecule has 1 heterocycles. The quantitative estimate of drug-likeness (QED) is 0.340. The number of halogens is 2. The first-order valence-electron chi connectivity index (χ1n) is 10.2. The number of rotatable bonds is 8. The van der Waals surface area contributed by atoms with Gasteiger partial charge in [-0.1, -0.05) is 53.7 Å². The van der Waals surface area contributed by atoms with Gasteiger partial charge in [0.25, 0.3) is 5.89 Å². The normalized spacial score (nSPS) is 10.4. The van der Waals surface area contributed by atoms with Gasteiger partial charge in [0.1, 0.15) is 5.82 Å². The average Bonchev–Trinajstić information content (AvgIpc) is 3.32. The molecule has 9 heteroatoms. The highest BCUT2D eigenvalue weighted by molar-refractivity contribution is 5.85. The molecule has 4 aromatic rings. The van der Waals surface area contributed by atoms with Crippen molar-refractivity contribution in [1.29, 1.82) is 5.26 Å². The molecule has 0 aliphatic carbocycles. The van der Waals surface area contributed by atoms with Crippen molar-refractivity contribution in [3.8, 4) is 40.0 Å². The van der Waals surface area contributed by atoms with Gasteiger partial charge in [0.15, 0.2) is 0 Å². The van der Waals surface area contributed by atoms with Crippen LogP contribution in [-0.2, 0) is 11.3 Å². The molecule has 0 spiro atoms. The van der Waals surface area contributed by atoms with Crippen LogP contribution in [0.5, 0.6) is 0 Å². The number of nitrogens with zero attached hydrogens (tertiary/aromatic N) is 3. The molecular weight excluding hydrogens is 459 g/mol. The number of aliphatic carboxylic acids is 1. The van der Waals surface area contributed by atoms with E-state index in [4.69, 9.17) is 9.63 Å². The summed E-state index contributed by atoms with van der Waals surface area (Å²) in [7, 11) is 0. The van der Waals surface area contributed by atoms with Crippen LogP contribution in [0.15, 0.2) is 71.3 Å². The molecule has 0 bridgehead atoms. The number of benzene rings is 3. The first-order valence-corrected chi connectivity index (χ1v) is 10.2. The molecule has 3 aromatic carbocycles. The minimum atomic E-state index is -0.844. The van der Waals surface area contributed by atoms with Gasteiger partial charge in [-0.3, -0.25) is 4.79 Å². The lowest BCUT2D eigenvalue weighted by Crippen LogP contribution is -2.17. The maximum absolute atomic E-state index is 14.9. The van der Waals surface area contributed by atoms with Crippen molar-refractivity contribution in [2.75, 3.05) is 6.54 Å². The SMILES string of the molecule is Cl.N#Cc1ccccc1-c1ccc(-c2nc(-c3ccc(CNCCC(=O)O)cc3)no2)c(F)c1. The summed E-state index contributed by atoms with van der Waals surface area (Å²) in [5.41, 5.74) is 3.55. The van der Waals surface area contributed by atoms with E-state index in [1.807, 2.05) is 24.3 Å². The van der Waals surface area contributed by atoms with Crippen LogP contribution < -0.4 is 5.32 Å².